The van der Waals surface area contributed by atoms with Crippen LogP contribution < -0.4 is 0 Å². The van der Waals surface area contributed by atoms with Gasteiger partial charge in [0.1, 0.15) is 5.78 Å². The largest absolute Gasteiger partial charge is 0.300 e. The Balaban J connectivity index is 2.52. The summed E-state index contributed by atoms with van der Waals surface area (Å²) in [5.41, 5.74) is 0. The molecule has 1 heteroatoms. The van der Waals surface area contributed by atoms with Crippen LogP contribution in [0.4, 0.5) is 0 Å². The molecule has 0 heterocycles. The number of carbonyl (C=O) groups is 1. The second-order valence-corrected chi connectivity index (χ2v) is 1.74. The van der Waals surface area contributed by atoms with Gasteiger partial charge in [0.15, 0.2) is 0 Å². The van der Waals surface area contributed by atoms with E-state index in [-0.39, 0.29) is 5.78 Å². The predicted molar refractivity (Wildman–Crippen MR) is 28.1 cm³/mol. The normalized spacial score (nSPS) is 47.7. The highest BCUT2D eigenvalue weighted by Crippen LogP contribution is 2.12. The van der Waals surface area contributed by atoms with Gasteiger partial charge in [-0.15, -0.1) is 0 Å². The fourth-order valence-corrected chi connectivity index (χ4v) is 0.690. The highest BCUT2D eigenvalue weighted by molar-refractivity contribution is 5.78. The number of hydrogen-bond acceptors (Lipinski definition) is 1. The first-order valence-corrected chi connectivity index (χ1v) is 2.60. The molecule has 0 spiro atoms. The first kappa shape index (κ1) is 2.85. The molecule has 0 aromatic rings. The Bertz CT molecular complexity index is 112. The van der Waals surface area contributed by atoms with Crippen molar-refractivity contribution < 1.29 is 7.54 Å². The maximum Gasteiger partial charge on any atom is 0.132 e. The second kappa shape index (κ2) is 2.10. The Morgan fingerprint density at radius 2 is 1.86 bits per heavy atom. The average molecular weight is 100 g/mol. The molecule has 7 heavy (non-hydrogen) atoms. The smallest absolute Gasteiger partial charge is 0.132 e. The van der Waals surface area contributed by atoms with Crippen LogP contribution in [0.25, 0.3) is 0 Å². The SMILES string of the molecule is [2H]C1CCCC([2H])C1=O. The van der Waals surface area contributed by atoms with E-state index in [2.05, 4.69) is 0 Å². The molecular formula is C6H10O. The molecule has 2 unspecified atom stereocenters. The summed E-state index contributed by atoms with van der Waals surface area (Å²) in [4.78, 5) is 10.8. The van der Waals surface area contributed by atoms with E-state index in [0.29, 0.717) is 12.8 Å². The molecular weight excluding hydrogens is 88.1 g/mol. The summed E-state index contributed by atoms with van der Waals surface area (Å²) in [6, 6.07) is 0. The third kappa shape index (κ3) is 1.30. The first-order valence-electron chi connectivity index (χ1n) is 3.75. The lowest BCUT2D eigenvalue weighted by atomic mass is 10.00. The number of Topliss-reactive ketones (excluding diaryl/α,β-unsaturated/α-hetero) is 1. The summed E-state index contributed by atoms with van der Waals surface area (Å²) in [5.74, 6) is -0.193. The summed E-state index contributed by atoms with van der Waals surface area (Å²) in [6.07, 6.45) is 0.999. The van der Waals surface area contributed by atoms with Crippen LogP contribution in [0.15, 0.2) is 0 Å². The third-order valence-corrected chi connectivity index (χ3v) is 1.10. The zero-order valence-electron chi connectivity index (χ0n) is 6.18. The average Bonchev–Trinajstić information content (AvgIpc) is 1.83. The van der Waals surface area contributed by atoms with E-state index >= 15 is 0 Å². The lowest BCUT2D eigenvalue weighted by Gasteiger charge is -2.05. The third-order valence-electron chi connectivity index (χ3n) is 1.10. The van der Waals surface area contributed by atoms with Crippen LogP contribution in [0.3, 0.4) is 0 Å². The standard InChI is InChI=1S/C6H10O/c7-6-4-2-1-3-5-6/h1-5H2/i4D,5D. The van der Waals surface area contributed by atoms with E-state index in [1.54, 1.807) is 0 Å². The maximum atomic E-state index is 10.8. The maximum absolute atomic E-state index is 10.8. The fraction of sp³-hybridized carbons (Fsp3) is 0.833. The number of hydrogen-bond donors (Lipinski definition) is 0. The van der Waals surface area contributed by atoms with Crippen molar-refractivity contribution in [3.05, 3.63) is 0 Å². The summed E-state index contributed by atoms with van der Waals surface area (Å²) in [5, 5.41) is 0. The Kier molecular flexibility index (Phi) is 0.857. The van der Waals surface area contributed by atoms with Gasteiger partial charge in [-0.05, 0) is 12.8 Å². The van der Waals surface area contributed by atoms with Crippen molar-refractivity contribution in [3.8, 4) is 0 Å². The van der Waals surface area contributed by atoms with Gasteiger partial charge < -0.3 is 0 Å². The van der Waals surface area contributed by atoms with Crippen LogP contribution in [0.5, 0.6) is 0 Å². The van der Waals surface area contributed by atoms with Crippen LogP contribution in [0.2, 0.25) is 0 Å². The topological polar surface area (TPSA) is 17.1 Å². The van der Waals surface area contributed by atoms with Gasteiger partial charge in [-0.3, -0.25) is 4.79 Å². The zero-order chi connectivity index (χ0) is 6.85. The van der Waals surface area contributed by atoms with E-state index in [1.807, 2.05) is 0 Å². The summed E-state index contributed by atoms with van der Waals surface area (Å²) in [7, 11) is 0. The molecule has 2 atom stereocenters. The van der Waals surface area contributed by atoms with Crippen LogP contribution >= 0.6 is 0 Å². The Labute approximate surface area is 46.5 Å². The molecule has 1 nitrogen and oxygen atoms in total. The lowest BCUT2D eigenvalue weighted by molar-refractivity contribution is -0.120. The van der Waals surface area contributed by atoms with Gasteiger partial charge in [-0.2, -0.15) is 0 Å². The van der Waals surface area contributed by atoms with Gasteiger partial charge >= 0.3 is 0 Å². The highest BCUT2D eigenvalue weighted by atomic mass is 16.1. The van der Waals surface area contributed by atoms with Crippen molar-refractivity contribution in [2.45, 2.75) is 32.1 Å². The minimum atomic E-state index is -0.596. The summed E-state index contributed by atoms with van der Waals surface area (Å²) < 4.78 is 14.3. The first-order chi connectivity index (χ1) is 4.22. The molecule has 0 amide bonds. The van der Waals surface area contributed by atoms with Gasteiger partial charge in [0.2, 0.25) is 0 Å². The Morgan fingerprint density at radius 1 is 1.29 bits per heavy atom. The van der Waals surface area contributed by atoms with Crippen LogP contribution in [0, 0.1) is 0 Å². The number of ketones is 1. The molecule has 1 aliphatic carbocycles. The highest BCUT2D eigenvalue weighted by Gasteiger charge is 2.05. The molecule has 1 aliphatic rings. The summed E-state index contributed by atoms with van der Waals surface area (Å²) in [6.45, 7) is 0. The van der Waals surface area contributed by atoms with Gasteiger partial charge in [0.25, 0.3) is 0 Å². The van der Waals surface area contributed by atoms with Gasteiger partial charge in [-0.1, -0.05) is 6.42 Å². The molecule has 1 rings (SSSR count). The van der Waals surface area contributed by atoms with E-state index in [1.165, 1.54) is 0 Å². The number of rotatable bonds is 0. The van der Waals surface area contributed by atoms with Gasteiger partial charge in [0, 0.05) is 15.5 Å². The molecule has 1 fully saturated rings. The quantitative estimate of drug-likeness (QED) is 0.451. The van der Waals surface area contributed by atoms with Crippen LogP contribution in [0.1, 0.15) is 34.8 Å². The van der Waals surface area contributed by atoms with E-state index in [4.69, 9.17) is 2.74 Å². The fourth-order valence-electron chi connectivity index (χ4n) is 0.690. The molecule has 40 valence electrons. The minimum absolute atomic E-state index is 0.193. The van der Waals surface area contributed by atoms with Crippen molar-refractivity contribution in [1.82, 2.24) is 0 Å². The van der Waals surface area contributed by atoms with Crippen molar-refractivity contribution in [2.24, 2.45) is 0 Å². The van der Waals surface area contributed by atoms with Gasteiger partial charge in [-0.25, -0.2) is 0 Å². The summed E-state index contributed by atoms with van der Waals surface area (Å²) >= 11 is 0. The van der Waals surface area contributed by atoms with Gasteiger partial charge in [0.05, 0.1) is 0 Å². The molecule has 0 radical (unpaired) electrons. The molecule has 1 saturated carbocycles. The van der Waals surface area contributed by atoms with E-state index < -0.39 is 12.8 Å². The van der Waals surface area contributed by atoms with Crippen molar-refractivity contribution in [1.29, 1.82) is 0 Å². The molecule has 0 aliphatic heterocycles. The van der Waals surface area contributed by atoms with Crippen molar-refractivity contribution >= 4 is 5.78 Å². The molecule has 0 saturated heterocycles. The van der Waals surface area contributed by atoms with Crippen LogP contribution in [-0.4, -0.2) is 5.78 Å². The van der Waals surface area contributed by atoms with E-state index in [9.17, 15) is 4.79 Å². The van der Waals surface area contributed by atoms with E-state index in [0.717, 1.165) is 6.42 Å². The Morgan fingerprint density at radius 3 is 2.29 bits per heavy atom. The predicted octanol–water partition coefficient (Wildman–Crippen LogP) is 1.52. The minimum Gasteiger partial charge on any atom is -0.300 e. The molecule has 0 aromatic carbocycles. The van der Waals surface area contributed by atoms with Crippen molar-refractivity contribution in [3.63, 3.8) is 0 Å². The van der Waals surface area contributed by atoms with Crippen LogP contribution in [-0.2, 0) is 4.79 Å². The monoisotopic (exact) mass is 100 g/mol. The second-order valence-electron chi connectivity index (χ2n) is 1.74. The molecule has 0 N–H and O–H groups in total. The molecule has 0 aromatic heterocycles. The zero-order valence-corrected chi connectivity index (χ0v) is 4.18. The number of carbonyl (C=O) groups excluding carboxylic acids is 1. The molecule has 0 bridgehead atoms. The lowest BCUT2D eigenvalue weighted by Crippen LogP contribution is -2.02. The Hall–Kier alpha value is -0.330. The van der Waals surface area contributed by atoms with Crippen molar-refractivity contribution in [2.75, 3.05) is 0 Å².